The molecular formula is C21H16N4O. The van der Waals surface area contributed by atoms with Crippen LogP contribution in [0.4, 0.5) is 0 Å². The van der Waals surface area contributed by atoms with E-state index in [0.717, 1.165) is 38.8 Å². The maximum absolute atomic E-state index is 5.98. The molecule has 0 aliphatic carbocycles. The number of rotatable bonds is 2. The number of hydrogen-bond donors (Lipinski definition) is 1. The molecule has 0 amide bonds. The summed E-state index contributed by atoms with van der Waals surface area (Å²) >= 11 is 0. The van der Waals surface area contributed by atoms with Crippen molar-refractivity contribution in [3.63, 3.8) is 0 Å². The van der Waals surface area contributed by atoms with Crippen molar-refractivity contribution in [2.24, 2.45) is 0 Å². The molecule has 0 aliphatic rings. The summed E-state index contributed by atoms with van der Waals surface area (Å²) in [6.07, 6.45) is 3.70. The number of benzene rings is 2. The van der Waals surface area contributed by atoms with E-state index in [1.807, 2.05) is 49.6 Å². The summed E-state index contributed by atoms with van der Waals surface area (Å²) in [5.41, 5.74) is 7.84. The number of aromatic nitrogens is 4. The molecule has 0 spiro atoms. The molecule has 3 aromatic heterocycles. The fraction of sp³-hybridized carbons (Fsp3) is 0.0952. The first kappa shape index (κ1) is 14.8. The lowest BCUT2D eigenvalue weighted by Crippen LogP contribution is -1.82. The molecule has 26 heavy (non-hydrogen) atoms. The van der Waals surface area contributed by atoms with Crippen molar-refractivity contribution in [1.82, 2.24) is 19.9 Å². The third-order valence-corrected chi connectivity index (χ3v) is 4.44. The number of imidazole rings is 1. The van der Waals surface area contributed by atoms with Crippen LogP contribution in [0, 0.1) is 13.8 Å². The molecule has 0 radical (unpaired) electrons. The molecular weight excluding hydrogens is 324 g/mol. The molecule has 1 N–H and O–H groups in total. The van der Waals surface area contributed by atoms with Crippen LogP contribution in [0.1, 0.15) is 11.1 Å². The topological polar surface area (TPSA) is 67.6 Å². The van der Waals surface area contributed by atoms with Crippen LogP contribution < -0.4 is 0 Å². The van der Waals surface area contributed by atoms with Gasteiger partial charge in [-0.25, -0.2) is 9.97 Å². The lowest BCUT2D eigenvalue weighted by Gasteiger charge is -2.01. The number of oxazole rings is 1. The van der Waals surface area contributed by atoms with E-state index in [2.05, 4.69) is 39.0 Å². The van der Waals surface area contributed by atoms with Gasteiger partial charge in [-0.15, -0.1) is 0 Å². The van der Waals surface area contributed by atoms with Crippen molar-refractivity contribution >= 4 is 22.1 Å². The zero-order chi connectivity index (χ0) is 17.7. The maximum atomic E-state index is 5.98. The Kier molecular flexibility index (Phi) is 3.15. The van der Waals surface area contributed by atoms with E-state index in [4.69, 9.17) is 4.42 Å². The van der Waals surface area contributed by atoms with E-state index in [1.54, 1.807) is 0 Å². The van der Waals surface area contributed by atoms with Gasteiger partial charge in [-0.2, -0.15) is 0 Å². The largest absolute Gasteiger partial charge is 0.434 e. The van der Waals surface area contributed by atoms with Gasteiger partial charge in [0, 0.05) is 18.0 Å². The molecule has 0 atom stereocenters. The number of pyridine rings is 1. The molecule has 0 saturated carbocycles. The Morgan fingerprint density at radius 3 is 2.58 bits per heavy atom. The molecule has 0 aliphatic heterocycles. The van der Waals surface area contributed by atoms with Gasteiger partial charge in [0.2, 0.25) is 0 Å². The van der Waals surface area contributed by atoms with Crippen LogP contribution in [0.25, 0.3) is 45.0 Å². The van der Waals surface area contributed by atoms with Crippen LogP contribution in [0.5, 0.6) is 0 Å². The van der Waals surface area contributed by atoms with Crippen LogP contribution in [-0.2, 0) is 0 Å². The molecule has 126 valence electrons. The second kappa shape index (κ2) is 5.52. The number of nitrogens with one attached hydrogen (secondary N) is 1. The summed E-state index contributed by atoms with van der Waals surface area (Å²) < 4.78 is 5.98. The van der Waals surface area contributed by atoms with Gasteiger partial charge in [0.05, 0.1) is 11.0 Å². The summed E-state index contributed by atoms with van der Waals surface area (Å²) in [4.78, 5) is 16.7. The third-order valence-electron chi connectivity index (χ3n) is 4.44. The van der Waals surface area contributed by atoms with Crippen LogP contribution >= 0.6 is 0 Å². The normalized spacial score (nSPS) is 11.5. The van der Waals surface area contributed by atoms with E-state index < -0.39 is 0 Å². The van der Waals surface area contributed by atoms with Gasteiger partial charge in [-0.3, -0.25) is 4.98 Å². The molecule has 5 aromatic rings. The number of aromatic amines is 1. The second-order valence-electron chi connectivity index (χ2n) is 6.56. The van der Waals surface area contributed by atoms with Gasteiger partial charge in [-0.05, 0) is 60.9 Å². The maximum Gasteiger partial charge on any atom is 0.264 e. The fourth-order valence-electron chi connectivity index (χ4n) is 3.14. The van der Waals surface area contributed by atoms with Gasteiger partial charge in [0.15, 0.2) is 11.4 Å². The molecule has 0 saturated heterocycles. The monoisotopic (exact) mass is 340 g/mol. The van der Waals surface area contributed by atoms with Crippen molar-refractivity contribution in [2.45, 2.75) is 13.8 Å². The predicted molar refractivity (Wildman–Crippen MR) is 102 cm³/mol. The summed E-state index contributed by atoms with van der Waals surface area (Å²) in [6, 6.07) is 14.2. The van der Waals surface area contributed by atoms with E-state index in [0.29, 0.717) is 11.7 Å². The summed E-state index contributed by atoms with van der Waals surface area (Å²) in [5.74, 6) is 1.13. The van der Waals surface area contributed by atoms with Gasteiger partial charge < -0.3 is 9.40 Å². The minimum absolute atomic E-state index is 0.494. The van der Waals surface area contributed by atoms with E-state index in [9.17, 15) is 0 Å². The number of aryl methyl sites for hydroxylation is 2. The van der Waals surface area contributed by atoms with Crippen molar-refractivity contribution < 1.29 is 4.42 Å². The van der Waals surface area contributed by atoms with Crippen LogP contribution in [0.2, 0.25) is 0 Å². The van der Waals surface area contributed by atoms with E-state index >= 15 is 0 Å². The first-order valence-corrected chi connectivity index (χ1v) is 8.45. The van der Waals surface area contributed by atoms with Crippen molar-refractivity contribution in [1.29, 1.82) is 0 Å². The van der Waals surface area contributed by atoms with Crippen LogP contribution in [-0.4, -0.2) is 19.9 Å². The van der Waals surface area contributed by atoms with Gasteiger partial charge in [0.25, 0.3) is 5.89 Å². The minimum Gasteiger partial charge on any atom is -0.434 e. The lowest BCUT2D eigenvalue weighted by atomic mass is 10.1. The number of H-pyrrole nitrogens is 1. The molecule has 2 aromatic carbocycles. The first-order valence-electron chi connectivity index (χ1n) is 8.45. The highest BCUT2D eigenvalue weighted by atomic mass is 16.3. The Bertz CT molecular complexity index is 1270. The summed E-state index contributed by atoms with van der Waals surface area (Å²) in [7, 11) is 0. The number of hydrogen-bond acceptors (Lipinski definition) is 4. The predicted octanol–water partition coefficient (Wildman–Crippen LogP) is 5.05. The Morgan fingerprint density at radius 1 is 0.808 bits per heavy atom. The molecule has 5 nitrogen and oxygen atoms in total. The summed E-state index contributed by atoms with van der Waals surface area (Å²) in [6.45, 7) is 4.09. The van der Waals surface area contributed by atoms with Crippen molar-refractivity contribution in [3.05, 3.63) is 66.0 Å². The van der Waals surface area contributed by atoms with Crippen molar-refractivity contribution in [3.8, 4) is 22.8 Å². The number of fused-ring (bicyclic) bond motifs is 2. The van der Waals surface area contributed by atoms with Gasteiger partial charge in [-0.1, -0.05) is 12.1 Å². The van der Waals surface area contributed by atoms with Gasteiger partial charge >= 0.3 is 0 Å². The Labute approximate surface area is 149 Å². The third kappa shape index (κ3) is 2.45. The van der Waals surface area contributed by atoms with E-state index in [1.165, 1.54) is 5.56 Å². The minimum atomic E-state index is 0.494. The van der Waals surface area contributed by atoms with Crippen LogP contribution in [0.3, 0.4) is 0 Å². The number of nitrogens with zero attached hydrogens (tertiary/aromatic N) is 3. The Hall–Kier alpha value is -3.47. The Balaban J connectivity index is 1.60. The highest BCUT2D eigenvalue weighted by molar-refractivity contribution is 5.83. The average molecular weight is 340 g/mol. The van der Waals surface area contributed by atoms with Gasteiger partial charge in [0.1, 0.15) is 5.52 Å². The molecule has 0 bridgehead atoms. The summed E-state index contributed by atoms with van der Waals surface area (Å²) in [5, 5.41) is 0. The van der Waals surface area contributed by atoms with Crippen LogP contribution in [0.15, 0.2) is 59.3 Å². The fourth-order valence-corrected chi connectivity index (χ4v) is 3.14. The first-order chi connectivity index (χ1) is 12.7. The zero-order valence-corrected chi connectivity index (χ0v) is 14.4. The zero-order valence-electron chi connectivity index (χ0n) is 14.4. The molecule has 0 unspecified atom stereocenters. The molecule has 0 fully saturated rings. The quantitative estimate of drug-likeness (QED) is 0.488. The lowest BCUT2D eigenvalue weighted by molar-refractivity contribution is 0.614. The SMILES string of the molecule is Cc1cncc(-c2ccc3nc(-c4nc5ccc(C)cc5[nH]4)oc3c2)c1. The van der Waals surface area contributed by atoms with E-state index in [-0.39, 0.29) is 0 Å². The highest BCUT2D eigenvalue weighted by Gasteiger charge is 2.13. The Morgan fingerprint density at radius 2 is 1.69 bits per heavy atom. The molecule has 5 heteroatoms. The average Bonchev–Trinajstić information content (AvgIpc) is 3.24. The standard InChI is InChI=1S/C21H16N4O/c1-12-3-5-16-18(8-12)24-20(23-16)21-25-17-6-4-14(9-19(17)26-21)15-7-13(2)10-22-11-15/h3-11H,1-2H3,(H,23,24). The molecule has 5 rings (SSSR count). The highest BCUT2D eigenvalue weighted by Crippen LogP contribution is 2.28. The second-order valence-corrected chi connectivity index (χ2v) is 6.56. The van der Waals surface area contributed by atoms with Crippen molar-refractivity contribution in [2.75, 3.05) is 0 Å². The smallest absolute Gasteiger partial charge is 0.264 e. The molecule has 3 heterocycles.